The maximum Gasteiger partial charge on any atom is 0.311 e. The Bertz CT molecular complexity index is 503. The molecular weight excluding hydrogens is 264 g/mol. The summed E-state index contributed by atoms with van der Waals surface area (Å²) < 4.78 is 0. The van der Waals surface area contributed by atoms with Crippen molar-refractivity contribution < 1.29 is 9.59 Å². The van der Waals surface area contributed by atoms with Crippen molar-refractivity contribution in [2.75, 3.05) is 13.1 Å². The molecule has 1 aliphatic heterocycles. The molecule has 1 saturated heterocycles. The van der Waals surface area contributed by atoms with E-state index in [-0.39, 0.29) is 11.9 Å². The number of benzene rings is 1. The number of piperidine rings is 1. The number of amides is 2. The van der Waals surface area contributed by atoms with Crippen LogP contribution in [0.15, 0.2) is 30.3 Å². The average molecular weight is 286 g/mol. The Balaban J connectivity index is 1.46. The highest BCUT2D eigenvalue weighted by Gasteiger charge is 2.31. The van der Waals surface area contributed by atoms with E-state index in [1.807, 2.05) is 6.07 Å². The van der Waals surface area contributed by atoms with E-state index in [0.29, 0.717) is 19.0 Å². The van der Waals surface area contributed by atoms with Crippen LogP contribution in [0, 0.1) is 5.92 Å². The molecule has 0 unspecified atom stereocenters. The van der Waals surface area contributed by atoms with Crippen molar-refractivity contribution in [3.8, 4) is 0 Å². The molecule has 2 amide bonds. The molecule has 1 aromatic rings. The van der Waals surface area contributed by atoms with Crippen LogP contribution in [0.2, 0.25) is 0 Å². The molecule has 1 N–H and O–H groups in total. The van der Waals surface area contributed by atoms with Crippen molar-refractivity contribution in [2.45, 2.75) is 38.1 Å². The van der Waals surface area contributed by atoms with E-state index in [1.54, 1.807) is 4.90 Å². The Kier molecular flexibility index (Phi) is 4.23. The van der Waals surface area contributed by atoms with Crippen molar-refractivity contribution >= 4 is 11.8 Å². The fourth-order valence-corrected chi connectivity index (χ4v) is 2.91. The lowest BCUT2D eigenvalue weighted by molar-refractivity contribution is -0.146. The van der Waals surface area contributed by atoms with Crippen LogP contribution in [0.1, 0.15) is 31.2 Å². The fraction of sp³-hybridized carbons (Fsp3) is 0.529. The number of hydrogen-bond donors (Lipinski definition) is 1. The van der Waals surface area contributed by atoms with Gasteiger partial charge in [0.1, 0.15) is 0 Å². The zero-order chi connectivity index (χ0) is 14.7. The Labute approximate surface area is 125 Å². The standard InChI is InChI=1S/C17H22N2O2/c20-16(18-15-6-7-15)17(21)19-10-8-14(9-11-19)12-13-4-2-1-3-5-13/h1-5,14-15H,6-12H2,(H,18,20). The molecule has 1 aromatic carbocycles. The molecule has 2 fully saturated rings. The first-order chi connectivity index (χ1) is 10.2. The van der Waals surface area contributed by atoms with E-state index < -0.39 is 5.91 Å². The molecule has 112 valence electrons. The van der Waals surface area contributed by atoms with Gasteiger partial charge in [-0.3, -0.25) is 9.59 Å². The molecule has 0 bridgehead atoms. The van der Waals surface area contributed by atoms with Crippen molar-refractivity contribution in [1.82, 2.24) is 10.2 Å². The smallest absolute Gasteiger partial charge is 0.311 e. The summed E-state index contributed by atoms with van der Waals surface area (Å²) in [4.78, 5) is 25.5. The second kappa shape index (κ2) is 6.29. The van der Waals surface area contributed by atoms with Crippen LogP contribution in [0.5, 0.6) is 0 Å². The number of hydrogen-bond acceptors (Lipinski definition) is 2. The fourth-order valence-electron chi connectivity index (χ4n) is 2.91. The molecule has 21 heavy (non-hydrogen) atoms. The summed E-state index contributed by atoms with van der Waals surface area (Å²) in [5.74, 6) is -0.151. The Morgan fingerprint density at radius 2 is 1.71 bits per heavy atom. The quantitative estimate of drug-likeness (QED) is 0.861. The lowest BCUT2D eigenvalue weighted by Crippen LogP contribution is -2.47. The largest absolute Gasteiger partial charge is 0.345 e. The number of nitrogens with zero attached hydrogens (tertiary/aromatic N) is 1. The van der Waals surface area contributed by atoms with Crippen LogP contribution in [-0.4, -0.2) is 35.8 Å². The molecule has 4 heteroatoms. The summed E-state index contributed by atoms with van der Waals surface area (Å²) in [5, 5.41) is 2.77. The first kappa shape index (κ1) is 14.1. The minimum Gasteiger partial charge on any atom is -0.345 e. The lowest BCUT2D eigenvalue weighted by atomic mass is 9.90. The average Bonchev–Trinajstić information content (AvgIpc) is 3.32. The summed E-state index contributed by atoms with van der Waals surface area (Å²) in [6.07, 6.45) is 5.06. The number of carbonyl (C=O) groups excluding carboxylic acids is 2. The first-order valence-corrected chi connectivity index (χ1v) is 7.86. The van der Waals surface area contributed by atoms with Gasteiger partial charge in [-0.05, 0) is 43.6 Å². The van der Waals surface area contributed by atoms with Crippen LogP contribution in [0.4, 0.5) is 0 Å². The van der Waals surface area contributed by atoms with Gasteiger partial charge in [0.2, 0.25) is 0 Å². The van der Waals surface area contributed by atoms with E-state index >= 15 is 0 Å². The van der Waals surface area contributed by atoms with Gasteiger partial charge in [0.15, 0.2) is 0 Å². The van der Waals surface area contributed by atoms with Gasteiger partial charge in [0.05, 0.1) is 0 Å². The predicted molar refractivity (Wildman–Crippen MR) is 80.6 cm³/mol. The molecule has 1 heterocycles. The molecular formula is C17H22N2O2. The van der Waals surface area contributed by atoms with Gasteiger partial charge in [-0.1, -0.05) is 30.3 Å². The monoisotopic (exact) mass is 286 g/mol. The Morgan fingerprint density at radius 1 is 1.05 bits per heavy atom. The number of carbonyl (C=O) groups is 2. The maximum atomic E-state index is 12.0. The molecule has 4 nitrogen and oxygen atoms in total. The second-order valence-electron chi connectivity index (χ2n) is 6.17. The van der Waals surface area contributed by atoms with Crippen molar-refractivity contribution in [3.05, 3.63) is 35.9 Å². The maximum absolute atomic E-state index is 12.0. The van der Waals surface area contributed by atoms with E-state index in [4.69, 9.17) is 0 Å². The van der Waals surface area contributed by atoms with Gasteiger partial charge in [-0.2, -0.15) is 0 Å². The Hall–Kier alpha value is -1.84. The van der Waals surface area contributed by atoms with E-state index in [9.17, 15) is 9.59 Å². The van der Waals surface area contributed by atoms with Crippen LogP contribution in [0.25, 0.3) is 0 Å². The van der Waals surface area contributed by atoms with Gasteiger partial charge in [0.25, 0.3) is 0 Å². The third-order valence-electron chi connectivity index (χ3n) is 4.38. The number of likely N-dealkylation sites (tertiary alicyclic amines) is 1. The highest BCUT2D eigenvalue weighted by molar-refractivity contribution is 6.35. The van der Waals surface area contributed by atoms with Gasteiger partial charge in [-0.15, -0.1) is 0 Å². The SMILES string of the molecule is O=C(NC1CC1)C(=O)N1CCC(Cc2ccccc2)CC1. The van der Waals surface area contributed by atoms with Crippen molar-refractivity contribution in [3.63, 3.8) is 0 Å². The molecule has 3 rings (SSSR count). The molecule has 0 aromatic heterocycles. The first-order valence-electron chi connectivity index (χ1n) is 7.86. The highest BCUT2D eigenvalue weighted by atomic mass is 16.2. The molecule has 1 saturated carbocycles. The second-order valence-corrected chi connectivity index (χ2v) is 6.17. The van der Waals surface area contributed by atoms with Crippen LogP contribution >= 0.6 is 0 Å². The predicted octanol–water partition coefficient (Wildman–Crippen LogP) is 1.75. The normalized spacial score (nSPS) is 19.3. The molecule has 0 spiro atoms. The van der Waals surface area contributed by atoms with Gasteiger partial charge < -0.3 is 10.2 Å². The van der Waals surface area contributed by atoms with Crippen molar-refractivity contribution in [2.24, 2.45) is 5.92 Å². The number of rotatable bonds is 3. The van der Waals surface area contributed by atoms with Gasteiger partial charge in [0, 0.05) is 19.1 Å². The van der Waals surface area contributed by atoms with Crippen molar-refractivity contribution in [1.29, 1.82) is 0 Å². The van der Waals surface area contributed by atoms with E-state index in [1.165, 1.54) is 5.56 Å². The lowest BCUT2D eigenvalue weighted by Gasteiger charge is -2.31. The molecule has 0 atom stereocenters. The summed E-state index contributed by atoms with van der Waals surface area (Å²) in [5.41, 5.74) is 1.36. The third-order valence-corrected chi connectivity index (χ3v) is 4.38. The third kappa shape index (κ3) is 3.84. The van der Waals surface area contributed by atoms with Crippen LogP contribution < -0.4 is 5.32 Å². The molecule has 2 aliphatic rings. The topological polar surface area (TPSA) is 49.4 Å². The summed E-state index contributed by atoms with van der Waals surface area (Å²) in [7, 11) is 0. The highest BCUT2D eigenvalue weighted by Crippen LogP contribution is 2.22. The van der Waals surface area contributed by atoms with E-state index in [0.717, 1.165) is 32.1 Å². The summed E-state index contributed by atoms with van der Waals surface area (Å²) in [6.45, 7) is 1.41. The molecule has 1 aliphatic carbocycles. The van der Waals surface area contributed by atoms with Crippen LogP contribution in [-0.2, 0) is 16.0 Å². The van der Waals surface area contributed by atoms with Gasteiger partial charge in [-0.25, -0.2) is 0 Å². The zero-order valence-electron chi connectivity index (χ0n) is 12.3. The molecule has 0 radical (unpaired) electrons. The van der Waals surface area contributed by atoms with Gasteiger partial charge >= 0.3 is 11.8 Å². The zero-order valence-corrected chi connectivity index (χ0v) is 12.3. The minimum absolute atomic E-state index is 0.247. The summed E-state index contributed by atoms with van der Waals surface area (Å²) >= 11 is 0. The van der Waals surface area contributed by atoms with E-state index in [2.05, 4.69) is 29.6 Å². The Morgan fingerprint density at radius 3 is 2.33 bits per heavy atom. The summed E-state index contributed by atoms with van der Waals surface area (Å²) in [6, 6.07) is 10.7. The number of nitrogens with one attached hydrogen (secondary N) is 1. The van der Waals surface area contributed by atoms with Crippen LogP contribution in [0.3, 0.4) is 0 Å². The minimum atomic E-state index is -0.418.